The van der Waals surface area contributed by atoms with Crippen molar-refractivity contribution in [1.29, 1.82) is 0 Å². The number of hydrogen-bond donors (Lipinski definition) is 1. The first-order valence-electron chi connectivity index (χ1n) is 10.2. The number of likely N-dealkylation sites (tertiary alicyclic amines) is 1. The number of nitrogens with one attached hydrogen (secondary N) is 1. The molecule has 0 atom stereocenters. The summed E-state index contributed by atoms with van der Waals surface area (Å²) >= 11 is 0. The van der Waals surface area contributed by atoms with Crippen molar-refractivity contribution in [2.45, 2.75) is 25.7 Å². The fourth-order valence-electron chi connectivity index (χ4n) is 4.64. The van der Waals surface area contributed by atoms with Crippen molar-refractivity contribution in [3.8, 4) is 17.2 Å². The van der Waals surface area contributed by atoms with Crippen molar-refractivity contribution in [3.05, 3.63) is 53.2 Å². The van der Waals surface area contributed by atoms with Gasteiger partial charge in [0, 0.05) is 29.7 Å². The average Bonchev–Trinajstić information content (AvgIpc) is 3.13. The zero-order valence-corrected chi connectivity index (χ0v) is 18.0. The Morgan fingerprint density at radius 3 is 2.33 bits per heavy atom. The van der Waals surface area contributed by atoms with E-state index in [9.17, 15) is 4.79 Å². The third-order valence-corrected chi connectivity index (χ3v) is 6.07. The number of benzene rings is 2. The summed E-state index contributed by atoms with van der Waals surface area (Å²) in [6.45, 7) is 3.56. The fraction of sp³-hybridized carbons (Fsp3) is 0.375. The van der Waals surface area contributed by atoms with Crippen LogP contribution in [0.4, 0.5) is 0 Å². The molecule has 158 valence electrons. The van der Waals surface area contributed by atoms with E-state index in [0.717, 1.165) is 12.8 Å². The van der Waals surface area contributed by atoms with Crippen LogP contribution in [-0.4, -0.2) is 50.2 Å². The van der Waals surface area contributed by atoms with E-state index >= 15 is 0 Å². The first kappa shape index (κ1) is 20.1. The first-order valence-corrected chi connectivity index (χ1v) is 10.2. The van der Waals surface area contributed by atoms with Gasteiger partial charge in [0.1, 0.15) is 0 Å². The largest absolute Gasteiger partial charge is 0.493 e. The summed E-state index contributed by atoms with van der Waals surface area (Å²) in [6.07, 6.45) is 1.87. The lowest BCUT2D eigenvalue weighted by Crippen LogP contribution is -2.38. The van der Waals surface area contributed by atoms with Crippen molar-refractivity contribution in [2.24, 2.45) is 0 Å². The number of piperidine rings is 1. The van der Waals surface area contributed by atoms with Crippen LogP contribution in [0.5, 0.6) is 17.2 Å². The van der Waals surface area contributed by atoms with Crippen molar-refractivity contribution in [1.82, 2.24) is 9.88 Å². The van der Waals surface area contributed by atoms with Crippen molar-refractivity contribution >= 4 is 16.8 Å². The number of rotatable bonds is 5. The summed E-state index contributed by atoms with van der Waals surface area (Å²) in [7, 11) is 4.65. The molecule has 0 radical (unpaired) electrons. The Hall–Kier alpha value is -3.15. The maximum Gasteiger partial charge on any atom is 0.257 e. The highest BCUT2D eigenvalue weighted by Gasteiger charge is 2.30. The average molecular weight is 408 g/mol. The van der Waals surface area contributed by atoms with Crippen LogP contribution in [0.15, 0.2) is 36.4 Å². The van der Waals surface area contributed by atoms with Gasteiger partial charge in [0.25, 0.3) is 5.91 Å². The van der Waals surface area contributed by atoms with Crippen LogP contribution in [0.1, 0.15) is 40.4 Å². The van der Waals surface area contributed by atoms with E-state index in [1.165, 1.54) is 22.2 Å². The molecule has 6 nitrogen and oxygen atoms in total. The summed E-state index contributed by atoms with van der Waals surface area (Å²) in [5.74, 6) is 1.80. The molecular weight excluding hydrogens is 380 g/mol. The Morgan fingerprint density at radius 2 is 1.67 bits per heavy atom. The van der Waals surface area contributed by atoms with Gasteiger partial charge >= 0.3 is 0 Å². The van der Waals surface area contributed by atoms with Crippen molar-refractivity contribution in [3.63, 3.8) is 0 Å². The van der Waals surface area contributed by atoms with E-state index < -0.39 is 0 Å². The number of hydrogen-bond acceptors (Lipinski definition) is 4. The van der Waals surface area contributed by atoms with Gasteiger partial charge in [0.05, 0.1) is 26.9 Å². The SMILES string of the molecule is COc1ccc(C(=O)N2CCC(c3c(C)[nH]c4ccccc34)CC2)c(OC)c1OC. The van der Waals surface area contributed by atoms with Gasteiger partial charge in [-0.2, -0.15) is 0 Å². The minimum Gasteiger partial charge on any atom is -0.493 e. The van der Waals surface area contributed by atoms with Crippen LogP contribution in [-0.2, 0) is 0 Å². The molecule has 1 aliphatic rings. The lowest BCUT2D eigenvalue weighted by Gasteiger charge is -2.33. The highest BCUT2D eigenvalue weighted by atomic mass is 16.5. The van der Waals surface area contributed by atoms with Gasteiger partial charge in [-0.05, 0) is 49.4 Å². The van der Waals surface area contributed by atoms with E-state index in [4.69, 9.17) is 14.2 Å². The molecule has 2 aromatic carbocycles. The Bertz CT molecular complexity index is 1060. The number of amides is 1. The third kappa shape index (κ3) is 3.36. The highest BCUT2D eigenvalue weighted by molar-refractivity contribution is 5.98. The second-order valence-corrected chi connectivity index (χ2v) is 7.66. The molecule has 6 heteroatoms. The highest BCUT2D eigenvalue weighted by Crippen LogP contribution is 2.41. The molecule has 30 heavy (non-hydrogen) atoms. The van der Waals surface area contributed by atoms with E-state index in [0.29, 0.717) is 41.8 Å². The number of fused-ring (bicyclic) bond motifs is 1. The molecule has 0 saturated carbocycles. The maximum atomic E-state index is 13.3. The van der Waals surface area contributed by atoms with Crippen LogP contribution in [0.2, 0.25) is 0 Å². The van der Waals surface area contributed by atoms with Gasteiger partial charge in [-0.25, -0.2) is 0 Å². The van der Waals surface area contributed by atoms with Gasteiger partial charge in [0.15, 0.2) is 11.5 Å². The number of methoxy groups -OCH3 is 3. The van der Waals surface area contributed by atoms with E-state index in [1.807, 2.05) is 4.90 Å². The molecule has 1 fully saturated rings. The molecule has 1 saturated heterocycles. The number of aryl methyl sites for hydroxylation is 1. The van der Waals surface area contributed by atoms with Crippen LogP contribution in [0.3, 0.4) is 0 Å². The summed E-state index contributed by atoms with van der Waals surface area (Å²) < 4.78 is 16.3. The molecule has 3 aromatic rings. The number of nitrogens with zero attached hydrogens (tertiary/aromatic N) is 1. The molecule has 0 unspecified atom stereocenters. The summed E-state index contributed by atoms with van der Waals surface area (Å²) in [5, 5.41) is 1.29. The normalized spacial score (nSPS) is 14.7. The number of carbonyl (C=O) groups excluding carboxylic acids is 1. The maximum absolute atomic E-state index is 13.3. The van der Waals surface area contributed by atoms with E-state index in [-0.39, 0.29) is 5.91 Å². The summed E-state index contributed by atoms with van der Waals surface area (Å²) in [5.41, 5.74) is 4.29. The topological polar surface area (TPSA) is 63.8 Å². The van der Waals surface area contributed by atoms with Crippen LogP contribution >= 0.6 is 0 Å². The van der Waals surface area contributed by atoms with E-state index in [1.54, 1.807) is 33.5 Å². The fourth-order valence-corrected chi connectivity index (χ4v) is 4.64. The van der Waals surface area contributed by atoms with Gasteiger partial charge in [-0.15, -0.1) is 0 Å². The van der Waals surface area contributed by atoms with Gasteiger partial charge < -0.3 is 24.1 Å². The summed E-state index contributed by atoms with van der Waals surface area (Å²) in [4.78, 5) is 18.7. The smallest absolute Gasteiger partial charge is 0.257 e. The molecule has 1 aliphatic heterocycles. The molecule has 1 amide bonds. The monoisotopic (exact) mass is 408 g/mol. The third-order valence-electron chi connectivity index (χ3n) is 6.07. The van der Waals surface area contributed by atoms with Gasteiger partial charge in [-0.3, -0.25) is 4.79 Å². The number of ether oxygens (including phenoxy) is 3. The second kappa shape index (κ2) is 8.30. The molecule has 0 spiro atoms. The lowest BCUT2D eigenvalue weighted by molar-refractivity contribution is 0.0709. The zero-order valence-electron chi connectivity index (χ0n) is 18.0. The zero-order chi connectivity index (χ0) is 21.3. The predicted molar refractivity (Wildman–Crippen MR) is 117 cm³/mol. The van der Waals surface area contributed by atoms with Crippen LogP contribution in [0.25, 0.3) is 10.9 Å². The summed E-state index contributed by atoms with van der Waals surface area (Å²) in [6, 6.07) is 11.9. The first-order chi connectivity index (χ1) is 14.6. The van der Waals surface area contributed by atoms with E-state index in [2.05, 4.69) is 36.2 Å². The molecular formula is C24H28N2O4. The predicted octanol–water partition coefficient (Wildman–Crippen LogP) is 4.52. The van der Waals surface area contributed by atoms with Gasteiger partial charge in [-0.1, -0.05) is 18.2 Å². The molecule has 1 N–H and O–H groups in total. The van der Waals surface area contributed by atoms with Crippen LogP contribution < -0.4 is 14.2 Å². The Balaban J connectivity index is 1.55. The number of H-pyrrole nitrogens is 1. The standard InChI is InChI=1S/C24H28N2O4/c1-15-21(17-7-5-6-8-19(17)25-15)16-11-13-26(14-12-16)24(27)18-9-10-20(28-2)23(30-4)22(18)29-3/h5-10,16,25H,11-14H2,1-4H3. The minimum absolute atomic E-state index is 0.0399. The van der Waals surface area contributed by atoms with Crippen molar-refractivity contribution in [2.75, 3.05) is 34.4 Å². The number of para-hydroxylation sites is 1. The van der Waals surface area contributed by atoms with Gasteiger partial charge in [0.2, 0.25) is 5.75 Å². The molecule has 0 aliphatic carbocycles. The Labute approximate surface area is 176 Å². The molecule has 1 aromatic heterocycles. The molecule has 0 bridgehead atoms. The lowest BCUT2D eigenvalue weighted by atomic mass is 9.87. The Morgan fingerprint density at radius 1 is 0.967 bits per heavy atom. The second-order valence-electron chi connectivity index (χ2n) is 7.66. The quantitative estimate of drug-likeness (QED) is 0.674. The Kier molecular flexibility index (Phi) is 5.57. The minimum atomic E-state index is -0.0399. The number of aromatic amines is 1. The van der Waals surface area contributed by atoms with Crippen LogP contribution in [0, 0.1) is 6.92 Å². The molecule has 4 rings (SSSR count). The molecule has 2 heterocycles. The number of carbonyl (C=O) groups is 1. The number of aromatic nitrogens is 1. The van der Waals surface area contributed by atoms with Crippen molar-refractivity contribution < 1.29 is 19.0 Å².